The van der Waals surface area contributed by atoms with Crippen molar-refractivity contribution in [2.45, 2.75) is 27.7 Å². The summed E-state index contributed by atoms with van der Waals surface area (Å²) in [6, 6.07) is 16.7. The maximum Gasteiger partial charge on any atom is 0.350 e. The summed E-state index contributed by atoms with van der Waals surface area (Å²) < 4.78 is 11.5. The lowest BCUT2D eigenvalue weighted by Crippen LogP contribution is -1.98. The van der Waals surface area contributed by atoms with Gasteiger partial charge in [0, 0.05) is 18.6 Å². The van der Waals surface area contributed by atoms with E-state index in [1.807, 2.05) is 44.2 Å². The normalized spacial score (nSPS) is 12.9. The molecule has 2 heteroatoms. The van der Waals surface area contributed by atoms with E-state index in [2.05, 4.69) is 62.4 Å². The third-order valence-electron chi connectivity index (χ3n) is 3.99. The zero-order chi connectivity index (χ0) is 19.5. The molecule has 27 heavy (non-hydrogen) atoms. The second-order valence-corrected chi connectivity index (χ2v) is 6.24. The van der Waals surface area contributed by atoms with E-state index in [1.54, 1.807) is 0 Å². The first-order chi connectivity index (χ1) is 13.1. The average molecular weight is 362 g/mol. The molecule has 0 amide bonds. The van der Waals surface area contributed by atoms with Gasteiger partial charge in [-0.15, -0.1) is 0 Å². The molecule has 2 aromatic rings. The number of ketones is 1. The molecule has 0 N–H and O–H groups in total. The average Bonchev–Trinajstić information content (AvgIpc) is 2.67. The molecule has 2 nitrogen and oxygen atoms in total. The quantitative estimate of drug-likeness (QED) is 0.179. The molecule has 0 heterocycles. The number of ether oxygens (including phenoxy) is 1. The van der Waals surface area contributed by atoms with Gasteiger partial charge >= 0.3 is 5.78 Å². The largest absolute Gasteiger partial charge is 0.493 e. The van der Waals surface area contributed by atoms with Crippen LogP contribution in [0.25, 0.3) is 5.76 Å². The van der Waals surface area contributed by atoms with Crippen molar-refractivity contribution in [3.05, 3.63) is 101 Å². The van der Waals surface area contributed by atoms with Crippen LogP contribution in [0, 0.1) is 13.8 Å². The molecule has 0 aromatic heterocycles. The van der Waals surface area contributed by atoms with Crippen molar-refractivity contribution in [3.8, 4) is 0 Å². The van der Waals surface area contributed by atoms with Gasteiger partial charge in [0.15, 0.2) is 0 Å². The Morgan fingerprint density at radius 1 is 0.815 bits per heavy atom. The van der Waals surface area contributed by atoms with E-state index in [0.717, 1.165) is 22.7 Å². The summed E-state index contributed by atoms with van der Waals surface area (Å²) in [6.45, 7) is 9.43. The SMILES string of the molecule is CCO\C(=C/C=C/C=C/C(=[O+]CC)c1ccc(C)cc1)c1ccc(C)cc1. The van der Waals surface area contributed by atoms with E-state index < -0.39 is 0 Å². The van der Waals surface area contributed by atoms with Gasteiger partial charge in [-0.3, -0.25) is 4.42 Å². The Hall–Kier alpha value is -2.87. The van der Waals surface area contributed by atoms with Gasteiger partial charge in [-0.05, 0) is 39.0 Å². The third kappa shape index (κ3) is 6.74. The summed E-state index contributed by atoms with van der Waals surface area (Å²) >= 11 is 0. The Morgan fingerprint density at radius 3 is 1.96 bits per heavy atom. The van der Waals surface area contributed by atoms with Crippen LogP contribution < -0.4 is 0 Å². The Balaban J connectivity index is 2.12. The summed E-state index contributed by atoms with van der Waals surface area (Å²) in [4.78, 5) is 0. The van der Waals surface area contributed by atoms with Gasteiger partial charge in [0.05, 0.1) is 12.2 Å². The van der Waals surface area contributed by atoms with Crippen molar-refractivity contribution in [2.24, 2.45) is 0 Å². The molecule has 2 aromatic carbocycles. The monoisotopic (exact) mass is 361 g/mol. The first-order valence-corrected chi connectivity index (χ1v) is 9.45. The van der Waals surface area contributed by atoms with Crippen molar-refractivity contribution in [2.75, 3.05) is 13.2 Å². The predicted octanol–water partition coefficient (Wildman–Crippen LogP) is 6.23. The Morgan fingerprint density at radius 2 is 1.41 bits per heavy atom. The summed E-state index contributed by atoms with van der Waals surface area (Å²) in [7, 11) is 0. The van der Waals surface area contributed by atoms with Crippen LogP contribution in [0.2, 0.25) is 0 Å². The molecule has 0 fully saturated rings. The number of hydrogen-bond acceptors (Lipinski definition) is 1. The standard InChI is InChI=1S/C25H29O2/c1-5-26-24(22-16-12-20(3)13-17-22)10-8-7-9-11-25(27-6-2)23-18-14-21(4)15-19-23/h7-19H,5-6H2,1-4H3/q+1/b8-7+,11-9+,24-10-. The van der Waals surface area contributed by atoms with Crippen LogP contribution in [-0.4, -0.2) is 19.0 Å². The fourth-order valence-corrected chi connectivity index (χ4v) is 2.55. The number of carbonyl (C=O) groups excluding carboxylic acids is 1. The molecule has 0 saturated carbocycles. The van der Waals surface area contributed by atoms with Crippen LogP contribution in [0.4, 0.5) is 0 Å². The Kier molecular flexibility index (Phi) is 8.31. The topological polar surface area (TPSA) is 20.5 Å². The van der Waals surface area contributed by atoms with Crippen LogP contribution in [0.5, 0.6) is 0 Å². The highest BCUT2D eigenvalue weighted by Gasteiger charge is 2.09. The minimum Gasteiger partial charge on any atom is -0.493 e. The Bertz CT molecular complexity index is 820. The minimum atomic E-state index is 0.638. The highest BCUT2D eigenvalue weighted by Crippen LogP contribution is 2.16. The van der Waals surface area contributed by atoms with Crippen LogP contribution in [0.1, 0.15) is 40.5 Å². The predicted molar refractivity (Wildman–Crippen MR) is 115 cm³/mol. The minimum absolute atomic E-state index is 0.638. The lowest BCUT2D eigenvalue weighted by Gasteiger charge is -2.08. The zero-order valence-corrected chi connectivity index (χ0v) is 16.7. The third-order valence-corrected chi connectivity index (χ3v) is 3.99. The second-order valence-electron chi connectivity index (χ2n) is 6.24. The van der Waals surface area contributed by atoms with Gasteiger partial charge in [-0.25, -0.2) is 0 Å². The molecule has 0 atom stereocenters. The fraction of sp³-hybridized carbons (Fsp3) is 0.240. The number of hydrogen-bond donors (Lipinski definition) is 0. The van der Waals surface area contributed by atoms with Crippen LogP contribution in [0.15, 0.2) is 78.9 Å². The maximum absolute atomic E-state index is 5.77. The Labute approximate surface area is 163 Å². The van der Waals surface area contributed by atoms with Crippen molar-refractivity contribution >= 4 is 11.5 Å². The summed E-state index contributed by atoms with van der Waals surface area (Å²) in [5, 5.41) is 0. The molecule has 0 saturated heterocycles. The molecular weight excluding hydrogens is 332 g/mol. The highest BCUT2D eigenvalue weighted by molar-refractivity contribution is 6.04. The number of allylic oxidation sites excluding steroid dienone is 5. The lowest BCUT2D eigenvalue weighted by molar-refractivity contribution is -0.261. The molecule has 2 rings (SSSR count). The maximum atomic E-state index is 5.77. The number of aryl methyl sites for hydroxylation is 2. The molecule has 0 aliphatic heterocycles. The number of benzene rings is 2. The summed E-state index contributed by atoms with van der Waals surface area (Å²) in [5.41, 5.74) is 4.64. The molecular formula is C25H29O2+. The van der Waals surface area contributed by atoms with Crippen LogP contribution >= 0.6 is 0 Å². The number of rotatable bonds is 8. The van der Waals surface area contributed by atoms with Crippen LogP contribution in [-0.2, 0) is 4.74 Å². The smallest absolute Gasteiger partial charge is 0.350 e. The van der Waals surface area contributed by atoms with Gasteiger partial charge in [-0.1, -0.05) is 65.8 Å². The van der Waals surface area contributed by atoms with E-state index in [9.17, 15) is 0 Å². The molecule has 0 bridgehead atoms. The molecule has 0 unspecified atom stereocenters. The van der Waals surface area contributed by atoms with E-state index in [-0.39, 0.29) is 0 Å². The van der Waals surface area contributed by atoms with Gasteiger partial charge in [0.1, 0.15) is 5.76 Å². The van der Waals surface area contributed by atoms with E-state index in [1.165, 1.54) is 11.1 Å². The molecule has 140 valence electrons. The van der Waals surface area contributed by atoms with E-state index in [0.29, 0.717) is 13.2 Å². The molecule has 0 aliphatic rings. The summed E-state index contributed by atoms with van der Waals surface area (Å²) in [6.07, 6.45) is 9.94. The molecule has 0 radical (unpaired) electrons. The van der Waals surface area contributed by atoms with Crippen molar-refractivity contribution in [1.29, 1.82) is 0 Å². The lowest BCUT2D eigenvalue weighted by atomic mass is 10.1. The highest BCUT2D eigenvalue weighted by atomic mass is 16.5. The van der Waals surface area contributed by atoms with Gasteiger partial charge in [0.2, 0.25) is 0 Å². The van der Waals surface area contributed by atoms with Crippen molar-refractivity contribution in [1.82, 2.24) is 0 Å². The van der Waals surface area contributed by atoms with Crippen molar-refractivity contribution in [3.63, 3.8) is 0 Å². The first-order valence-electron chi connectivity index (χ1n) is 9.45. The molecule has 0 spiro atoms. The van der Waals surface area contributed by atoms with Gasteiger partial charge in [0.25, 0.3) is 6.61 Å². The van der Waals surface area contributed by atoms with E-state index >= 15 is 0 Å². The second kappa shape index (κ2) is 11.0. The van der Waals surface area contributed by atoms with Crippen LogP contribution in [0.3, 0.4) is 0 Å². The zero-order valence-electron chi connectivity index (χ0n) is 16.7. The van der Waals surface area contributed by atoms with Crippen molar-refractivity contribution < 1.29 is 9.16 Å². The first kappa shape index (κ1) is 20.4. The summed E-state index contributed by atoms with van der Waals surface area (Å²) in [5.74, 6) is 1.74. The van der Waals surface area contributed by atoms with Gasteiger partial charge < -0.3 is 4.74 Å². The fourth-order valence-electron chi connectivity index (χ4n) is 2.55. The molecule has 0 aliphatic carbocycles. The van der Waals surface area contributed by atoms with Gasteiger partial charge in [-0.2, -0.15) is 0 Å². The van der Waals surface area contributed by atoms with E-state index in [4.69, 9.17) is 9.16 Å².